The molecule has 26 heavy (non-hydrogen) atoms. The van der Waals surface area contributed by atoms with Gasteiger partial charge in [-0.05, 0) is 74.5 Å². The molecule has 1 amide bonds. The van der Waals surface area contributed by atoms with Crippen LogP contribution >= 0.6 is 0 Å². The second-order valence-corrected chi connectivity index (χ2v) is 7.39. The van der Waals surface area contributed by atoms with Gasteiger partial charge < -0.3 is 5.32 Å². The standard InChI is InChI=1S/C22H27FN2O/c1-16-5-6-17(2)20(12-16)15-25-11-3-4-18(14-25)13-24-22(26)19-7-9-21(23)10-8-19/h5-10,12,18H,3-4,11,13-15H2,1-2H3,(H,24,26)/t18-/m0/s1. The molecule has 0 aromatic heterocycles. The molecule has 138 valence electrons. The predicted molar refractivity (Wildman–Crippen MR) is 103 cm³/mol. The molecule has 1 aliphatic heterocycles. The minimum absolute atomic E-state index is 0.128. The van der Waals surface area contributed by atoms with Crippen molar-refractivity contribution in [1.29, 1.82) is 0 Å². The Morgan fingerprint density at radius 1 is 1.19 bits per heavy atom. The predicted octanol–water partition coefficient (Wildman–Crippen LogP) is 4.08. The number of hydrogen-bond acceptors (Lipinski definition) is 2. The van der Waals surface area contributed by atoms with E-state index in [0.717, 1.165) is 32.5 Å². The summed E-state index contributed by atoms with van der Waals surface area (Å²) in [6.45, 7) is 8.04. The molecular weight excluding hydrogens is 327 g/mol. The maximum atomic E-state index is 13.0. The number of nitrogens with zero attached hydrogens (tertiary/aromatic N) is 1. The molecule has 0 saturated carbocycles. The molecule has 0 radical (unpaired) electrons. The van der Waals surface area contributed by atoms with Gasteiger partial charge in [0.2, 0.25) is 0 Å². The Morgan fingerprint density at radius 2 is 1.96 bits per heavy atom. The number of benzene rings is 2. The van der Waals surface area contributed by atoms with Crippen LogP contribution in [0.5, 0.6) is 0 Å². The van der Waals surface area contributed by atoms with Crippen molar-refractivity contribution in [1.82, 2.24) is 10.2 Å². The van der Waals surface area contributed by atoms with E-state index in [1.54, 1.807) is 0 Å². The van der Waals surface area contributed by atoms with E-state index in [2.05, 4.69) is 42.3 Å². The van der Waals surface area contributed by atoms with Gasteiger partial charge in [0.15, 0.2) is 0 Å². The number of likely N-dealkylation sites (tertiary alicyclic amines) is 1. The molecule has 1 aliphatic rings. The van der Waals surface area contributed by atoms with E-state index in [-0.39, 0.29) is 11.7 Å². The van der Waals surface area contributed by atoms with Crippen LogP contribution < -0.4 is 5.32 Å². The van der Waals surface area contributed by atoms with Gasteiger partial charge in [-0.25, -0.2) is 4.39 Å². The number of halogens is 1. The van der Waals surface area contributed by atoms with Gasteiger partial charge in [0.25, 0.3) is 5.91 Å². The monoisotopic (exact) mass is 354 g/mol. The van der Waals surface area contributed by atoms with E-state index < -0.39 is 0 Å². The van der Waals surface area contributed by atoms with E-state index in [4.69, 9.17) is 0 Å². The van der Waals surface area contributed by atoms with E-state index in [0.29, 0.717) is 18.0 Å². The first-order chi connectivity index (χ1) is 12.5. The Hall–Kier alpha value is -2.20. The van der Waals surface area contributed by atoms with Crippen molar-refractivity contribution in [3.8, 4) is 0 Å². The number of amides is 1. The van der Waals surface area contributed by atoms with E-state index >= 15 is 0 Å². The fourth-order valence-corrected chi connectivity index (χ4v) is 3.61. The zero-order chi connectivity index (χ0) is 18.5. The van der Waals surface area contributed by atoms with Gasteiger partial charge in [0, 0.05) is 25.2 Å². The normalized spacial score (nSPS) is 17.9. The van der Waals surface area contributed by atoms with Crippen molar-refractivity contribution in [3.05, 3.63) is 70.5 Å². The zero-order valence-corrected chi connectivity index (χ0v) is 15.6. The summed E-state index contributed by atoms with van der Waals surface area (Å²) in [6.07, 6.45) is 2.29. The number of nitrogens with one attached hydrogen (secondary N) is 1. The van der Waals surface area contributed by atoms with Crippen molar-refractivity contribution in [2.45, 2.75) is 33.2 Å². The molecule has 4 heteroatoms. The van der Waals surface area contributed by atoms with Crippen LogP contribution in [-0.2, 0) is 6.54 Å². The van der Waals surface area contributed by atoms with Crippen molar-refractivity contribution >= 4 is 5.91 Å². The molecule has 2 aromatic carbocycles. The Morgan fingerprint density at radius 3 is 2.73 bits per heavy atom. The molecule has 0 bridgehead atoms. The lowest BCUT2D eigenvalue weighted by atomic mass is 9.96. The second kappa shape index (κ2) is 8.45. The molecule has 2 aromatic rings. The first-order valence-corrected chi connectivity index (χ1v) is 9.33. The number of rotatable bonds is 5. The fourth-order valence-electron chi connectivity index (χ4n) is 3.61. The van der Waals surface area contributed by atoms with E-state index in [1.807, 2.05) is 0 Å². The smallest absolute Gasteiger partial charge is 0.251 e. The summed E-state index contributed by atoms with van der Waals surface area (Å²) in [5, 5.41) is 3.00. The van der Waals surface area contributed by atoms with Crippen molar-refractivity contribution in [2.75, 3.05) is 19.6 Å². The average Bonchev–Trinajstić information content (AvgIpc) is 2.64. The molecule has 0 spiro atoms. The van der Waals surface area contributed by atoms with Gasteiger partial charge in [-0.2, -0.15) is 0 Å². The number of aryl methyl sites for hydroxylation is 2. The van der Waals surface area contributed by atoms with Crippen LogP contribution in [-0.4, -0.2) is 30.4 Å². The highest BCUT2D eigenvalue weighted by atomic mass is 19.1. The molecular formula is C22H27FN2O. The third kappa shape index (κ3) is 4.92. The summed E-state index contributed by atoms with van der Waals surface area (Å²) in [7, 11) is 0. The summed E-state index contributed by atoms with van der Waals surface area (Å²) in [4.78, 5) is 14.7. The van der Waals surface area contributed by atoms with Crippen molar-refractivity contribution in [2.24, 2.45) is 5.92 Å². The largest absolute Gasteiger partial charge is 0.352 e. The minimum Gasteiger partial charge on any atom is -0.352 e. The Labute approximate surface area is 155 Å². The lowest BCUT2D eigenvalue weighted by Crippen LogP contribution is -2.40. The molecule has 1 fully saturated rings. The van der Waals surface area contributed by atoms with Crippen LogP contribution in [0.1, 0.15) is 39.9 Å². The minimum atomic E-state index is -0.323. The topological polar surface area (TPSA) is 32.3 Å². The van der Waals surface area contributed by atoms with Crippen molar-refractivity contribution < 1.29 is 9.18 Å². The molecule has 1 N–H and O–H groups in total. The third-order valence-corrected chi connectivity index (χ3v) is 5.16. The first-order valence-electron chi connectivity index (χ1n) is 9.33. The Bertz CT molecular complexity index is 757. The van der Waals surface area contributed by atoms with Gasteiger partial charge in [-0.3, -0.25) is 9.69 Å². The summed E-state index contributed by atoms with van der Waals surface area (Å²) < 4.78 is 13.0. The van der Waals surface area contributed by atoms with Crippen LogP contribution in [0.4, 0.5) is 4.39 Å². The third-order valence-electron chi connectivity index (χ3n) is 5.16. The zero-order valence-electron chi connectivity index (χ0n) is 15.6. The highest BCUT2D eigenvalue weighted by Crippen LogP contribution is 2.20. The maximum Gasteiger partial charge on any atom is 0.251 e. The molecule has 1 saturated heterocycles. The van der Waals surface area contributed by atoms with Gasteiger partial charge in [-0.15, -0.1) is 0 Å². The number of carbonyl (C=O) groups is 1. The summed E-state index contributed by atoms with van der Waals surface area (Å²) in [5.74, 6) is 0.00540. The van der Waals surface area contributed by atoms with Gasteiger partial charge in [0.05, 0.1) is 0 Å². The Kier molecular flexibility index (Phi) is 6.04. The lowest BCUT2D eigenvalue weighted by Gasteiger charge is -2.33. The van der Waals surface area contributed by atoms with Gasteiger partial charge in [0.1, 0.15) is 5.82 Å². The fraction of sp³-hybridized carbons (Fsp3) is 0.409. The molecule has 3 nitrogen and oxygen atoms in total. The lowest BCUT2D eigenvalue weighted by molar-refractivity contribution is 0.0930. The quantitative estimate of drug-likeness (QED) is 0.877. The SMILES string of the molecule is Cc1ccc(C)c(CN2CCC[C@@H](CNC(=O)c3ccc(F)cc3)C2)c1. The molecule has 0 unspecified atom stereocenters. The highest BCUT2D eigenvalue weighted by molar-refractivity contribution is 5.94. The molecule has 3 rings (SSSR count). The van der Waals surface area contributed by atoms with Crippen LogP contribution in [0.15, 0.2) is 42.5 Å². The first kappa shape index (κ1) is 18.6. The second-order valence-electron chi connectivity index (χ2n) is 7.39. The summed E-state index contributed by atoms with van der Waals surface area (Å²) >= 11 is 0. The van der Waals surface area contributed by atoms with Gasteiger partial charge >= 0.3 is 0 Å². The van der Waals surface area contributed by atoms with Crippen LogP contribution in [0.3, 0.4) is 0 Å². The van der Waals surface area contributed by atoms with E-state index in [1.165, 1.54) is 41.0 Å². The summed E-state index contributed by atoms with van der Waals surface area (Å²) in [5.41, 5.74) is 4.53. The number of hydrogen-bond donors (Lipinski definition) is 1. The van der Waals surface area contributed by atoms with Crippen LogP contribution in [0.25, 0.3) is 0 Å². The Balaban J connectivity index is 1.52. The maximum absolute atomic E-state index is 13.0. The summed E-state index contributed by atoms with van der Waals surface area (Å²) in [6, 6.07) is 12.3. The van der Waals surface area contributed by atoms with E-state index in [9.17, 15) is 9.18 Å². The highest BCUT2D eigenvalue weighted by Gasteiger charge is 2.21. The van der Waals surface area contributed by atoms with Crippen LogP contribution in [0, 0.1) is 25.6 Å². The van der Waals surface area contributed by atoms with Crippen LogP contribution in [0.2, 0.25) is 0 Å². The molecule has 0 aliphatic carbocycles. The number of carbonyl (C=O) groups excluding carboxylic acids is 1. The number of piperidine rings is 1. The van der Waals surface area contributed by atoms with Crippen molar-refractivity contribution in [3.63, 3.8) is 0 Å². The van der Waals surface area contributed by atoms with Gasteiger partial charge in [-0.1, -0.05) is 23.8 Å². The molecule has 1 heterocycles. The average molecular weight is 354 g/mol. The molecule has 1 atom stereocenters.